The van der Waals surface area contributed by atoms with Gasteiger partial charge in [0.1, 0.15) is 11.3 Å². The topological polar surface area (TPSA) is 71.8 Å². The number of hydrogen-bond donors (Lipinski definition) is 1. The number of carbonyl (C=O) groups is 1. The van der Waals surface area contributed by atoms with Crippen LogP contribution in [0.2, 0.25) is 5.02 Å². The van der Waals surface area contributed by atoms with E-state index in [-0.39, 0.29) is 5.91 Å². The second kappa shape index (κ2) is 8.02. The maximum Gasteiger partial charge on any atom is 0.336 e. The zero-order valence-corrected chi connectivity index (χ0v) is 17.9. The van der Waals surface area contributed by atoms with Gasteiger partial charge in [-0.15, -0.1) is 0 Å². The van der Waals surface area contributed by atoms with Gasteiger partial charge in [0, 0.05) is 47.7 Å². The summed E-state index contributed by atoms with van der Waals surface area (Å²) in [5.74, 6) is 0.470. The number of nitrogens with zero attached hydrogens (tertiary/aromatic N) is 1. The van der Waals surface area contributed by atoms with Crippen LogP contribution in [0.25, 0.3) is 22.1 Å². The fraction of sp³-hybridized carbons (Fsp3) is 0.333. The highest BCUT2D eigenvalue weighted by Gasteiger charge is 2.36. The van der Waals surface area contributed by atoms with Crippen molar-refractivity contribution in [2.75, 3.05) is 13.1 Å². The number of amides is 1. The predicted molar refractivity (Wildman–Crippen MR) is 120 cm³/mol. The number of piperazine rings is 1. The number of hydrogen-bond acceptors (Lipinski definition) is 5. The van der Waals surface area contributed by atoms with E-state index in [0.29, 0.717) is 28.4 Å². The van der Waals surface area contributed by atoms with Crippen molar-refractivity contribution in [2.24, 2.45) is 0 Å². The zero-order chi connectivity index (χ0) is 21.5. The lowest BCUT2D eigenvalue weighted by molar-refractivity contribution is -0.139. The lowest BCUT2D eigenvalue weighted by Gasteiger charge is -2.34. The Hall–Kier alpha value is -2.83. The number of nitrogens with one attached hydrogen (secondary N) is 1. The minimum atomic E-state index is -0.624. The normalized spacial score (nSPS) is 21.3. The summed E-state index contributed by atoms with van der Waals surface area (Å²) in [6.07, 6.45) is 1.60. The number of carbonyl (C=O) groups excluding carboxylic acids is 1. The molecule has 2 aromatic carbocycles. The molecular formula is C24H23ClN2O4. The Labute approximate surface area is 184 Å². The lowest BCUT2D eigenvalue weighted by Crippen LogP contribution is -2.55. The fourth-order valence-electron chi connectivity index (χ4n) is 4.57. The molecule has 3 aromatic rings. The van der Waals surface area contributed by atoms with Crippen LogP contribution in [0.3, 0.4) is 0 Å². The molecule has 1 aromatic heterocycles. The van der Waals surface area contributed by atoms with Crippen molar-refractivity contribution in [1.29, 1.82) is 0 Å². The molecule has 3 heterocycles. The average Bonchev–Trinajstić information content (AvgIpc) is 3.10. The second-order valence-corrected chi connectivity index (χ2v) is 8.72. The van der Waals surface area contributed by atoms with Crippen molar-refractivity contribution < 1.29 is 13.9 Å². The summed E-state index contributed by atoms with van der Waals surface area (Å²) >= 11 is 5.99. The van der Waals surface area contributed by atoms with Crippen molar-refractivity contribution >= 4 is 28.5 Å². The zero-order valence-electron chi connectivity index (χ0n) is 17.1. The molecule has 5 rings (SSSR count). The quantitative estimate of drug-likeness (QED) is 0.626. The maximum atomic E-state index is 12.9. The smallest absolute Gasteiger partial charge is 0.336 e. The number of halogens is 1. The van der Waals surface area contributed by atoms with Gasteiger partial charge in [0.15, 0.2) is 6.10 Å². The van der Waals surface area contributed by atoms with Gasteiger partial charge < -0.3 is 19.4 Å². The van der Waals surface area contributed by atoms with Gasteiger partial charge in [0.05, 0.1) is 0 Å². The van der Waals surface area contributed by atoms with Gasteiger partial charge >= 0.3 is 5.63 Å². The summed E-state index contributed by atoms with van der Waals surface area (Å²) in [4.78, 5) is 26.9. The molecular weight excluding hydrogens is 416 g/mol. The third kappa shape index (κ3) is 4.05. The lowest BCUT2D eigenvalue weighted by atomic mass is 10.0. The highest BCUT2D eigenvalue weighted by molar-refractivity contribution is 6.30. The van der Waals surface area contributed by atoms with E-state index in [1.165, 1.54) is 6.07 Å². The molecule has 160 valence electrons. The van der Waals surface area contributed by atoms with Crippen LogP contribution in [0.1, 0.15) is 19.8 Å². The first-order valence-corrected chi connectivity index (χ1v) is 10.9. The average molecular weight is 439 g/mol. The summed E-state index contributed by atoms with van der Waals surface area (Å²) in [7, 11) is 0. The van der Waals surface area contributed by atoms with Crippen LogP contribution >= 0.6 is 11.6 Å². The number of rotatable bonds is 4. The summed E-state index contributed by atoms with van der Waals surface area (Å²) in [5.41, 5.74) is 1.59. The van der Waals surface area contributed by atoms with Crippen LogP contribution in [0, 0.1) is 0 Å². The van der Waals surface area contributed by atoms with E-state index in [0.717, 1.165) is 42.4 Å². The van der Waals surface area contributed by atoms with Gasteiger partial charge in [0.2, 0.25) is 0 Å². The molecule has 0 spiro atoms. The molecule has 1 amide bonds. The highest BCUT2D eigenvalue weighted by Crippen LogP contribution is 2.31. The molecule has 0 aliphatic carbocycles. The molecule has 7 heteroatoms. The molecule has 0 radical (unpaired) electrons. The van der Waals surface area contributed by atoms with Crippen molar-refractivity contribution in [1.82, 2.24) is 10.2 Å². The Bertz CT molecular complexity index is 1180. The Morgan fingerprint density at radius 1 is 1.13 bits per heavy atom. The van der Waals surface area contributed by atoms with Gasteiger partial charge in [-0.05, 0) is 55.2 Å². The standard InChI is InChI=1S/C24H23ClN2O4/c1-14(24(29)27-12-17-6-7-18(13-27)26-17)30-19-8-9-20-21(11-23(28)31-22(20)10-19)15-2-4-16(25)5-3-15/h2-5,8-11,14,17-18,26H,6-7,12-13H2,1H3/t14-,17?,18?/m1/s1. The minimum Gasteiger partial charge on any atom is -0.481 e. The van der Waals surface area contributed by atoms with E-state index in [4.69, 9.17) is 20.8 Å². The number of likely N-dealkylation sites (tertiary alicyclic amines) is 1. The first-order chi connectivity index (χ1) is 15.0. The number of fused-ring (bicyclic) bond motifs is 3. The van der Waals surface area contributed by atoms with E-state index in [2.05, 4.69) is 5.32 Å². The molecule has 0 saturated carbocycles. The van der Waals surface area contributed by atoms with Crippen LogP contribution < -0.4 is 15.7 Å². The molecule has 2 aliphatic rings. The molecule has 2 saturated heterocycles. The monoisotopic (exact) mass is 438 g/mol. The van der Waals surface area contributed by atoms with Crippen molar-refractivity contribution in [3.8, 4) is 16.9 Å². The van der Waals surface area contributed by atoms with Crippen LogP contribution in [0.4, 0.5) is 0 Å². The van der Waals surface area contributed by atoms with Crippen LogP contribution in [0.5, 0.6) is 5.75 Å². The van der Waals surface area contributed by atoms with Gasteiger partial charge in [-0.25, -0.2) is 4.79 Å². The molecule has 6 nitrogen and oxygen atoms in total. The van der Waals surface area contributed by atoms with E-state index in [1.807, 2.05) is 23.1 Å². The predicted octanol–water partition coefficient (Wildman–Crippen LogP) is 3.84. The third-order valence-electron chi connectivity index (χ3n) is 6.06. The van der Waals surface area contributed by atoms with Gasteiger partial charge in [-0.1, -0.05) is 23.7 Å². The largest absolute Gasteiger partial charge is 0.481 e. The first kappa shape index (κ1) is 20.1. The highest BCUT2D eigenvalue weighted by atomic mass is 35.5. The Morgan fingerprint density at radius 3 is 2.55 bits per heavy atom. The SMILES string of the molecule is C[C@@H](Oc1ccc2c(-c3ccc(Cl)cc3)cc(=O)oc2c1)C(=O)N1CC2CCC(C1)N2. The van der Waals surface area contributed by atoms with Gasteiger partial charge in [0.25, 0.3) is 5.91 Å². The Balaban J connectivity index is 1.39. The molecule has 31 heavy (non-hydrogen) atoms. The van der Waals surface area contributed by atoms with Crippen molar-refractivity contribution in [3.05, 3.63) is 64.0 Å². The third-order valence-corrected chi connectivity index (χ3v) is 6.31. The van der Waals surface area contributed by atoms with Crippen molar-refractivity contribution in [2.45, 2.75) is 38.0 Å². The minimum absolute atomic E-state index is 0.0186. The van der Waals surface area contributed by atoms with E-state index < -0.39 is 11.7 Å². The van der Waals surface area contributed by atoms with Gasteiger partial charge in [-0.2, -0.15) is 0 Å². The fourth-order valence-corrected chi connectivity index (χ4v) is 4.70. The number of ether oxygens (including phenoxy) is 1. The van der Waals surface area contributed by atoms with E-state index in [1.54, 1.807) is 31.2 Å². The second-order valence-electron chi connectivity index (χ2n) is 8.29. The van der Waals surface area contributed by atoms with Crippen LogP contribution in [-0.4, -0.2) is 42.1 Å². The van der Waals surface area contributed by atoms with Crippen LogP contribution in [0.15, 0.2) is 57.7 Å². The molecule has 2 aliphatic heterocycles. The van der Waals surface area contributed by atoms with Crippen LogP contribution in [-0.2, 0) is 4.79 Å². The summed E-state index contributed by atoms with van der Waals surface area (Å²) in [6.45, 7) is 3.21. The Kier molecular flexibility index (Phi) is 5.20. The Morgan fingerprint density at radius 2 is 1.84 bits per heavy atom. The summed E-state index contributed by atoms with van der Waals surface area (Å²) in [6, 6.07) is 14.8. The maximum absolute atomic E-state index is 12.9. The van der Waals surface area contributed by atoms with E-state index in [9.17, 15) is 9.59 Å². The molecule has 3 atom stereocenters. The van der Waals surface area contributed by atoms with E-state index >= 15 is 0 Å². The summed E-state index contributed by atoms with van der Waals surface area (Å²) in [5, 5.41) is 4.94. The van der Waals surface area contributed by atoms with Crippen molar-refractivity contribution in [3.63, 3.8) is 0 Å². The molecule has 1 N–H and O–H groups in total. The first-order valence-electron chi connectivity index (χ1n) is 10.5. The molecule has 2 unspecified atom stereocenters. The molecule has 2 bridgehead atoms. The molecule has 2 fully saturated rings. The summed E-state index contributed by atoms with van der Waals surface area (Å²) < 4.78 is 11.4. The van der Waals surface area contributed by atoms with Gasteiger partial charge in [-0.3, -0.25) is 4.79 Å². The number of benzene rings is 2.